The number of hydrogen-bond donors (Lipinski definition) is 0. The summed E-state index contributed by atoms with van der Waals surface area (Å²) in [5, 5.41) is 0.752. The van der Waals surface area contributed by atoms with E-state index in [1.165, 1.54) is 4.57 Å². The third-order valence-corrected chi connectivity index (χ3v) is 4.72. The summed E-state index contributed by atoms with van der Waals surface area (Å²) in [4.78, 5) is 23.7. The first-order chi connectivity index (χ1) is 11.5. The molecule has 3 aromatic rings. The molecule has 0 aliphatic heterocycles. The lowest BCUT2D eigenvalue weighted by Crippen LogP contribution is -2.18. The van der Waals surface area contributed by atoms with Crippen molar-refractivity contribution in [3.8, 4) is 5.75 Å². The van der Waals surface area contributed by atoms with Crippen molar-refractivity contribution in [3.05, 3.63) is 62.7 Å². The average Bonchev–Trinajstić information content (AvgIpc) is 2.92. The molecule has 0 N–H and O–H groups in total. The van der Waals surface area contributed by atoms with Crippen LogP contribution in [-0.4, -0.2) is 23.4 Å². The Kier molecular flexibility index (Phi) is 4.87. The van der Waals surface area contributed by atoms with Crippen molar-refractivity contribution in [1.82, 2.24) is 4.57 Å². The van der Waals surface area contributed by atoms with E-state index in [4.69, 9.17) is 4.74 Å². The maximum Gasteiger partial charge on any atom is 0.269 e. The summed E-state index contributed by atoms with van der Waals surface area (Å²) in [6.07, 6.45) is 2.30. The van der Waals surface area contributed by atoms with Gasteiger partial charge in [-0.2, -0.15) is 0 Å². The van der Waals surface area contributed by atoms with Crippen LogP contribution in [0.2, 0.25) is 0 Å². The predicted molar refractivity (Wildman–Crippen MR) is 100 cm³/mol. The molecule has 3 rings (SSSR count). The predicted octanol–water partition coefficient (Wildman–Crippen LogP) is 5.01. The van der Waals surface area contributed by atoms with Gasteiger partial charge in [-0.1, -0.05) is 34.1 Å². The van der Waals surface area contributed by atoms with Crippen LogP contribution in [0, 0.1) is 6.92 Å². The van der Waals surface area contributed by atoms with Crippen LogP contribution in [0.1, 0.15) is 20.7 Å². The topological polar surface area (TPSA) is 48.3 Å². The molecule has 0 aliphatic rings. The Balaban J connectivity index is 1.88. The number of fused-ring (bicyclic) bond motifs is 1. The Labute approximate surface area is 155 Å². The highest BCUT2D eigenvalue weighted by atomic mass is 79.9. The number of ether oxygens (including phenoxy) is 1. The van der Waals surface area contributed by atoms with E-state index in [0.29, 0.717) is 16.8 Å². The van der Waals surface area contributed by atoms with Gasteiger partial charge in [-0.25, -0.2) is 0 Å². The van der Waals surface area contributed by atoms with Gasteiger partial charge in [0.15, 0.2) is 12.9 Å². The lowest BCUT2D eigenvalue weighted by Gasteiger charge is -2.12. The van der Waals surface area contributed by atoms with E-state index in [-0.39, 0.29) is 12.5 Å². The number of carbonyl (C=O) groups is 2. The van der Waals surface area contributed by atoms with Crippen molar-refractivity contribution in [2.45, 2.75) is 6.92 Å². The summed E-state index contributed by atoms with van der Waals surface area (Å²) in [7, 11) is 0. The quantitative estimate of drug-likeness (QED) is 0.525. The second kappa shape index (κ2) is 6.91. The van der Waals surface area contributed by atoms with Crippen molar-refractivity contribution in [2.24, 2.45) is 0 Å². The van der Waals surface area contributed by atoms with Crippen molar-refractivity contribution < 1.29 is 14.3 Å². The Hall–Kier alpha value is -1.92. The molecule has 0 saturated heterocycles. The van der Waals surface area contributed by atoms with Crippen LogP contribution in [0.3, 0.4) is 0 Å². The molecule has 0 atom stereocenters. The molecule has 0 unspecified atom stereocenters. The first-order valence-electron chi connectivity index (χ1n) is 7.18. The molecule has 6 heteroatoms. The van der Waals surface area contributed by atoms with Crippen molar-refractivity contribution in [3.63, 3.8) is 0 Å². The van der Waals surface area contributed by atoms with Crippen LogP contribution in [-0.2, 0) is 0 Å². The molecule has 0 aliphatic carbocycles. The van der Waals surface area contributed by atoms with Gasteiger partial charge in [0.2, 0.25) is 0 Å². The van der Waals surface area contributed by atoms with E-state index in [9.17, 15) is 9.59 Å². The number of carbonyl (C=O) groups excluding carboxylic acids is 2. The van der Waals surface area contributed by atoms with Gasteiger partial charge in [-0.3, -0.25) is 14.2 Å². The molecule has 2 aromatic carbocycles. The number of nitrogens with zero attached hydrogens (tertiary/aromatic N) is 1. The van der Waals surface area contributed by atoms with Gasteiger partial charge in [-0.05, 0) is 46.6 Å². The van der Waals surface area contributed by atoms with E-state index < -0.39 is 0 Å². The van der Waals surface area contributed by atoms with Gasteiger partial charge in [-0.15, -0.1) is 0 Å². The monoisotopic (exact) mass is 449 g/mol. The lowest BCUT2D eigenvalue weighted by atomic mass is 10.2. The second-order valence-electron chi connectivity index (χ2n) is 5.31. The summed E-state index contributed by atoms with van der Waals surface area (Å²) >= 11 is 6.85. The highest BCUT2D eigenvalue weighted by Gasteiger charge is 2.15. The van der Waals surface area contributed by atoms with E-state index >= 15 is 0 Å². The Morgan fingerprint density at radius 1 is 1.25 bits per heavy atom. The summed E-state index contributed by atoms with van der Waals surface area (Å²) in [5.41, 5.74) is 2.09. The molecule has 0 radical (unpaired) electrons. The molecule has 4 nitrogen and oxygen atoms in total. The molecule has 0 amide bonds. The zero-order chi connectivity index (χ0) is 17.3. The van der Waals surface area contributed by atoms with Crippen LogP contribution in [0.5, 0.6) is 5.75 Å². The maximum absolute atomic E-state index is 12.5. The minimum absolute atomic E-state index is 0.127. The number of benzene rings is 2. The second-order valence-corrected chi connectivity index (χ2v) is 7.08. The fourth-order valence-corrected chi connectivity index (χ4v) is 4.13. The summed E-state index contributed by atoms with van der Waals surface area (Å²) in [6.45, 7) is 1.78. The number of aromatic nitrogens is 1. The first kappa shape index (κ1) is 16.9. The van der Waals surface area contributed by atoms with Crippen molar-refractivity contribution >= 4 is 55.0 Å². The number of aryl methyl sites for hydroxylation is 1. The van der Waals surface area contributed by atoms with Crippen LogP contribution >= 0.6 is 31.9 Å². The molecular weight excluding hydrogens is 438 g/mol. The van der Waals surface area contributed by atoms with Gasteiger partial charge in [0.1, 0.15) is 5.75 Å². The zero-order valence-corrected chi connectivity index (χ0v) is 15.9. The van der Waals surface area contributed by atoms with Crippen LogP contribution in [0.25, 0.3) is 10.9 Å². The molecule has 122 valence electrons. The minimum Gasteiger partial charge on any atom is -0.482 e. The molecular formula is C18H13Br2NO3. The number of aldehydes is 1. The van der Waals surface area contributed by atoms with E-state index in [1.807, 2.05) is 37.3 Å². The standard InChI is InChI=1S/C18H13Br2NO3/c1-11-6-13(19)7-15(20)18(11)24-10-17(23)21-8-12(9-22)14-4-2-3-5-16(14)21/h2-9H,10H2,1H3. The first-order valence-corrected chi connectivity index (χ1v) is 8.76. The van der Waals surface area contributed by atoms with Gasteiger partial charge < -0.3 is 4.74 Å². The van der Waals surface area contributed by atoms with E-state index in [1.54, 1.807) is 12.3 Å². The normalized spacial score (nSPS) is 10.8. The zero-order valence-electron chi connectivity index (χ0n) is 12.8. The smallest absolute Gasteiger partial charge is 0.269 e. The minimum atomic E-state index is -0.242. The number of rotatable bonds is 4. The molecule has 0 spiro atoms. The average molecular weight is 451 g/mol. The Morgan fingerprint density at radius 3 is 2.71 bits per heavy atom. The Morgan fingerprint density at radius 2 is 2.00 bits per heavy atom. The van der Waals surface area contributed by atoms with Crippen LogP contribution in [0.15, 0.2) is 51.5 Å². The largest absolute Gasteiger partial charge is 0.482 e. The molecule has 0 saturated carbocycles. The van der Waals surface area contributed by atoms with Gasteiger partial charge in [0, 0.05) is 21.6 Å². The SMILES string of the molecule is Cc1cc(Br)cc(Br)c1OCC(=O)n1cc(C=O)c2ccccc21. The fraction of sp³-hybridized carbons (Fsp3) is 0.111. The van der Waals surface area contributed by atoms with E-state index in [2.05, 4.69) is 31.9 Å². The van der Waals surface area contributed by atoms with Crippen LogP contribution < -0.4 is 4.74 Å². The van der Waals surface area contributed by atoms with E-state index in [0.717, 1.165) is 26.2 Å². The van der Waals surface area contributed by atoms with Crippen LogP contribution in [0.4, 0.5) is 0 Å². The Bertz CT molecular complexity index is 924. The highest BCUT2D eigenvalue weighted by Crippen LogP contribution is 2.32. The van der Waals surface area contributed by atoms with Gasteiger partial charge >= 0.3 is 0 Å². The molecule has 1 aromatic heterocycles. The van der Waals surface area contributed by atoms with Gasteiger partial charge in [0.25, 0.3) is 5.91 Å². The molecule has 0 bridgehead atoms. The summed E-state index contributed by atoms with van der Waals surface area (Å²) < 4.78 is 8.86. The van der Waals surface area contributed by atoms with Crippen molar-refractivity contribution in [2.75, 3.05) is 6.61 Å². The molecule has 0 fully saturated rings. The third-order valence-electron chi connectivity index (χ3n) is 3.67. The lowest BCUT2D eigenvalue weighted by molar-refractivity contribution is 0.0842. The number of para-hydroxylation sites is 1. The fourth-order valence-electron chi connectivity index (χ4n) is 2.58. The summed E-state index contributed by atoms with van der Waals surface area (Å²) in [6, 6.07) is 11.1. The highest BCUT2D eigenvalue weighted by molar-refractivity contribution is 9.11. The number of hydrogen-bond acceptors (Lipinski definition) is 3. The number of halogens is 2. The van der Waals surface area contributed by atoms with Crippen molar-refractivity contribution in [1.29, 1.82) is 0 Å². The summed E-state index contributed by atoms with van der Waals surface area (Å²) in [5.74, 6) is 0.382. The van der Waals surface area contributed by atoms with Gasteiger partial charge in [0.05, 0.1) is 9.99 Å². The molecule has 24 heavy (non-hydrogen) atoms. The third kappa shape index (κ3) is 3.16. The molecule has 1 heterocycles. The maximum atomic E-state index is 12.5.